The predicted molar refractivity (Wildman–Crippen MR) is 90.5 cm³/mol. The molecular weight excluding hydrogens is 260 g/mol. The van der Waals surface area contributed by atoms with Crippen LogP contribution in [-0.4, -0.2) is 24.0 Å². The Morgan fingerprint density at radius 2 is 1.24 bits per heavy atom. The van der Waals surface area contributed by atoms with Crippen LogP contribution in [0.4, 0.5) is 0 Å². The van der Waals surface area contributed by atoms with E-state index in [0.29, 0.717) is 6.04 Å². The Labute approximate surface area is 131 Å². The molecule has 2 N–H and O–H groups in total. The van der Waals surface area contributed by atoms with E-state index < -0.39 is 0 Å². The summed E-state index contributed by atoms with van der Waals surface area (Å²) >= 11 is 0. The first-order valence-electron chi connectivity index (χ1n) is 9.16. The van der Waals surface area contributed by atoms with Gasteiger partial charge in [-0.15, -0.1) is 0 Å². The highest BCUT2D eigenvalue weighted by atomic mass is 16.2. The number of carbonyl (C=O) groups excluding carboxylic acids is 1. The third kappa shape index (κ3) is 9.13. The van der Waals surface area contributed by atoms with E-state index in [0.717, 1.165) is 0 Å². The molecule has 0 saturated heterocycles. The molecular formula is C18H36N2O. The average molecular weight is 296 g/mol. The fourth-order valence-corrected chi connectivity index (χ4v) is 3.17. The molecule has 21 heavy (non-hydrogen) atoms. The predicted octanol–water partition coefficient (Wildman–Crippen LogP) is 4.16. The molecule has 0 aromatic rings. The van der Waals surface area contributed by atoms with Crippen molar-refractivity contribution in [3.63, 3.8) is 0 Å². The van der Waals surface area contributed by atoms with Crippen LogP contribution in [0.2, 0.25) is 0 Å². The maximum Gasteiger partial charge on any atom is 0.237 e. The molecule has 0 radical (unpaired) electrons. The second kappa shape index (κ2) is 11.1. The number of nitrogens with one attached hydrogen (secondary N) is 2. The lowest BCUT2D eigenvalue weighted by Crippen LogP contribution is -2.48. The van der Waals surface area contributed by atoms with Crippen LogP contribution in [0, 0.1) is 0 Å². The molecule has 0 aromatic carbocycles. The lowest BCUT2D eigenvalue weighted by molar-refractivity contribution is -0.123. The van der Waals surface area contributed by atoms with E-state index in [9.17, 15) is 4.79 Å². The highest BCUT2D eigenvalue weighted by Crippen LogP contribution is 2.17. The SMILES string of the molecule is CC(C)NC(=O)C(C)NC1CCCCCCCCCCC1. The van der Waals surface area contributed by atoms with E-state index in [2.05, 4.69) is 10.6 Å². The largest absolute Gasteiger partial charge is 0.353 e. The topological polar surface area (TPSA) is 41.1 Å². The normalized spacial score (nSPS) is 21.3. The van der Waals surface area contributed by atoms with E-state index in [4.69, 9.17) is 0 Å². The van der Waals surface area contributed by atoms with Crippen molar-refractivity contribution in [2.75, 3.05) is 0 Å². The van der Waals surface area contributed by atoms with Crippen LogP contribution in [0.15, 0.2) is 0 Å². The molecule has 0 heterocycles. The summed E-state index contributed by atoms with van der Waals surface area (Å²) < 4.78 is 0. The maximum absolute atomic E-state index is 12.0. The smallest absolute Gasteiger partial charge is 0.237 e. The van der Waals surface area contributed by atoms with Crippen LogP contribution in [0.1, 0.15) is 91.4 Å². The van der Waals surface area contributed by atoms with Crippen molar-refractivity contribution in [1.29, 1.82) is 0 Å². The molecule has 1 saturated carbocycles. The van der Waals surface area contributed by atoms with Gasteiger partial charge in [0, 0.05) is 12.1 Å². The zero-order chi connectivity index (χ0) is 15.5. The molecule has 0 bridgehead atoms. The summed E-state index contributed by atoms with van der Waals surface area (Å²) in [5.74, 6) is 0.135. The molecule has 1 aliphatic rings. The zero-order valence-corrected chi connectivity index (χ0v) is 14.4. The Morgan fingerprint density at radius 3 is 1.67 bits per heavy atom. The summed E-state index contributed by atoms with van der Waals surface area (Å²) in [6.45, 7) is 6.02. The molecule has 1 atom stereocenters. The monoisotopic (exact) mass is 296 g/mol. The summed E-state index contributed by atoms with van der Waals surface area (Å²) in [4.78, 5) is 12.0. The second-order valence-electron chi connectivity index (χ2n) is 7.01. The molecule has 1 fully saturated rings. The zero-order valence-electron chi connectivity index (χ0n) is 14.4. The number of carbonyl (C=O) groups is 1. The first-order chi connectivity index (χ1) is 10.1. The van der Waals surface area contributed by atoms with Crippen molar-refractivity contribution < 1.29 is 4.79 Å². The van der Waals surface area contributed by atoms with Crippen molar-refractivity contribution >= 4 is 5.91 Å². The number of amides is 1. The second-order valence-corrected chi connectivity index (χ2v) is 7.01. The summed E-state index contributed by atoms with van der Waals surface area (Å²) in [5, 5.41) is 6.56. The molecule has 1 aliphatic carbocycles. The van der Waals surface area contributed by atoms with Gasteiger partial charge in [-0.25, -0.2) is 0 Å². The van der Waals surface area contributed by atoms with Gasteiger partial charge >= 0.3 is 0 Å². The lowest BCUT2D eigenvalue weighted by atomic mass is 9.97. The summed E-state index contributed by atoms with van der Waals surface area (Å²) in [5.41, 5.74) is 0. The van der Waals surface area contributed by atoms with E-state index in [-0.39, 0.29) is 18.0 Å². The Balaban J connectivity index is 2.38. The van der Waals surface area contributed by atoms with Crippen molar-refractivity contribution in [2.24, 2.45) is 0 Å². The third-order valence-corrected chi connectivity index (χ3v) is 4.42. The average Bonchev–Trinajstić information content (AvgIpc) is 2.41. The molecule has 3 nitrogen and oxygen atoms in total. The van der Waals surface area contributed by atoms with Crippen LogP contribution in [-0.2, 0) is 4.79 Å². The molecule has 1 rings (SSSR count). The van der Waals surface area contributed by atoms with Crippen molar-refractivity contribution in [2.45, 2.75) is 110 Å². The van der Waals surface area contributed by atoms with Crippen molar-refractivity contribution in [3.05, 3.63) is 0 Å². The molecule has 0 aliphatic heterocycles. The van der Waals surface area contributed by atoms with Crippen LogP contribution in [0.5, 0.6) is 0 Å². The minimum atomic E-state index is -0.0784. The van der Waals surface area contributed by atoms with Crippen LogP contribution in [0.3, 0.4) is 0 Å². The fourth-order valence-electron chi connectivity index (χ4n) is 3.17. The van der Waals surface area contributed by atoms with Crippen LogP contribution in [0.25, 0.3) is 0 Å². The quantitative estimate of drug-likeness (QED) is 0.818. The molecule has 124 valence electrons. The molecule has 3 heteroatoms. The van der Waals surface area contributed by atoms with Gasteiger partial charge in [0.25, 0.3) is 0 Å². The minimum absolute atomic E-state index is 0.0784. The molecule has 1 unspecified atom stereocenters. The van der Waals surface area contributed by atoms with Gasteiger partial charge in [0.05, 0.1) is 6.04 Å². The Hall–Kier alpha value is -0.570. The first-order valence-corrected chi connectivity index (χ1v) is 9.16. The number of hydrogen-bond acceptors (Lipinski definition) is 2. The minimum Gasteiger partial charge on any atom is -0.353 e. The molecule has 0 aromatic heterocycles. The van der Waals surface area contributed by atoms with E-state index in [1.807, 2.05) is 20.8 Å². The number of hydrogen-bond donors (Lipinski definition) is 2. The first kappa shape index (κ1) is 18.5. The van der Waals surface area contributed by atoms with Gasteiger partial charge in [-0.3, -0.25) is 4.79 Å². The van der Waals surface area contributed by atoms with Gasteiger partial charge in [0.15, 0.2) is 0 Å². The maximum atomic E-state index is 12.0. The highest BCUT2D eigenvalue weighted by molar-refractivity contribution is 5.81. The van der Waals surface area contributed by atoms with Gasteiger partial charge in [0.1, 0.15) is 0 Å². The number of rotatable bonds is 4. The van der Waals surface area contributed by atoms with E-state index in [1.165, 1.54) is 70.6 Å². The Morgan fingerprint density at radius 1 is 0.810 bits per heavy atom. The standard InChI is InChI=1S/C18H36N2O/c1-15(2)19-18(21)16(3)20-17-13-11-9-7-5-4-6-8-10-12-14-17/h15-17,20H,4-14H2,1-3H3,(H,19,21). The Bertz CT molecular complexity index is 266. The third-order valence-electron chi connectivity index (χ3n) is 4.42. The Kier molecular flexibility index (Phi) is 9.73. The highest BCUT2D eigenvalue weighted by Gasteiger charge is 2.18. The molecule has 1 amide bonds. The van der Waals surface area contributed by atoms with Crippen LogP contribution >= 0.6 is 0 Å². The van der Waals surface area contributed by atoms with Crippen molar-refractivity contribution in [1.82, 2.24) is 10.6 Å². The van der Waals surface area contributed by atoms with Crippen LogP contribution < -0.4 is 10.6 Å². The van der Waals surface area contributed by atoms with Gasteiger partial charge in [0.2, 0.25) is 5.91 Å². The van der Waals surface area contributed by atoms with Gasteiger partial charge < -0.3 is 10.6 Å². The van der Waals surface area contributed by atoms with Gasteiger partial charge in [-0.05, 0) is 33.6 Å². The summed E-state index contributed by atoms with van der Waals surface area (Å²) in [6.07, 6.45) is 14.8. The summed E-state index contributed by atoms with van der Waals surface area (Å²) in [7, 11) is 0. The van der Waals surface area contributed by atoms with Crippen molar-refractivity contribution in [3.8, 4) is 0 Å². The van der Waals surface area contributed by atoms with Gasteiger partial charge in [-0.2, -0.15) is 0 Å². The summed E-state index contributed by atoms with van der Waals surface area (Å²) in [6, 6.07) is 0.653. The fraction of sp³-hybridized carbons (Fsp3) is 0.944. The lowest BCUT2D eigenvalue weighted by Gasteiger charge is -2.24. The van der Waals surface area contributed by atoms with Gasteiger partial charge in [-0.1, -0.05) is 57.8 Å². The van der Waals surface area contributed by atoms with E-state index in [1.54, 1.807) is 0 Å². The van der Waals surface area contributed by atoms with E-state index >= 15 is 0 Å². The molecule has 0 spiro atoms.